The molecule has 0 aliphatic carbocycles. The van der Waals surface area contributed by atoms with Crippen LogP contribution in [0.5, 0.6) is 0 Å². The number of hydrogen-bond acceptors (Lipinski definition) is 3. The van der Waals surface area contributed by atoms with Crippen LogP contribution in [0.3, 0.4) is 0 Å². The molecule has 4 aromatic rings. The van der Waals surface area contributed by atoms with Crippen LogP contribution in [0, 0.1) is 31.8 Å². The van der Waals surface area contributed by atoms with Crippen LogP contribution in [0.4, 0.5) is 0 Å². The van der Waals surface area contributed by atoms with Crippen molar-refractivity contribution >= 4 is 54.1 Å². The lowest BCUT2D eigenvalue weighted by Gasteiger charge is -2.06. The molecule has 2 aromatic carbocycles. The molecule has 0 bridgehead atoms. The van der Waals surface area contributed by atoms with Crippen molar-refractivity contribution < 1.29 is 0 Å². The van der Waals surface area contributed by atoms with Crippen molar-refractivity contribution in [1.29, 1.82) is 5.26 Å². The van der Waals surface area contributed by atoms with E-state index in [1.165, 1.54) is 0 Å². The Morgan fingerprint density at radius 2 is 1.38 bits per heavy atom. The Bertz CT molecular complexity index is 1170. The average Bonchev–Trinajstić information content (AvgIpc) is 3.15. The van der Waals surface area contributed by atoms with Gasteiger partial charge < -0.3 is 0 Å². The molecule has 0 fully saturated rings. The van der Waals surface area contributed by atoms with Gasteiger partial charge in [0.25, 0.3) is 0 Å². The molecular weight excluding hydrogens is 356 g/mol. The normalized spacial score (nSPS) is 12.0. The molecule has 0 unspecified atom stereocenters. The third-order valence-corrected chi connectivity index (χ3v) is 6.66. The first kappa shape index (κ1) is 16.5. The van der Waals surface area contributed by atoms with E-state index < -0.39 is 0 Å². The fraction of sp³-hybridized carbons (Fsp3) is 0.0909. The predicted octanol–water partition coefficient (Wildman–Crippen LogP) is 7.04. The number of thiophene rings is 2. The first-order valence-corrected chi connectivity index (χ1v) is 9.78. The number of nitriles is 1. The number of nitrogens with zero attached hydrogens (tertiary/aromatic N) is 2. The molecule has 0 radical (unpaired) electrons. The Morgan fingerprint density at radius 3 is 1.92 bits per heavy atom. The summed E-state index contributed by atoms with van der Waals surface area (Å²) in [4.78, 5) is 5.98. The zero-order valence-electron chi connectivity index (χ0n) is 14.3. The molecule has 2 heterocycles. The first-order valence-electron chi connectivity index (χ1n) is 8.14. The largest absolute Gasteiger partial charge is 0.236 e. The Hall–Kier alpha value is -2.92. The van der Waals surface area contributed by atoms with Gasteiger partial charge in [0.15, 0.2) is 0 Å². The lowest BCUT2D eigenvalue weighted by Crippen LogP contribution is -1.90. The topological polar surface area (TPSA) is 28.1 Å². The van der Waals surface area contributed by atoms with Crippen molar-refractivity contribution in [2.24, 2.45) is 0 Å². The van der Waals surface area contributed by atoms with E-state index in [0.717, 1.165) is 41.1 Å². The van der Waals surface area contributed by atoms with Crippen LogP contribution >= 0.6 is 22.7 Å². The molecule has 0 atom stereocenters. The zero-order chi connectivity index (χ0) is 18.3. The molecule has 0 saturated heterocycles. The smallest absolute Gasteiger partial charge is 0.214 e. The minimum atomic E-state index is 0.453. The van der Waals surface area contributed by atoms with E-state index in [1.54, 1.807) is 22.7 Å². The summed E-state index contributed by atoms with van der Waals surface area (Å²) < 4.78 is 2.29. The molecule has 2 nitrogen and oxygen atoms in total. The van der Waals surface area contributed by atoms with Crippen molar-refractivity contribution in [2.75, 3.05) is 0 Å². The molecule has 0 saturated carbocycles. The third kappa shape index (κ3) is 2.44. The van der Waals surface area contributed by atoms with E-state index in [4.69, 9.17) is 6.57 Å². The highest BCUT2D eigenvalue weighted by atomic mass is 32.1. The van der Waals surface area contributed by atoms with Crippen LogP contribution in [0.2, 0.25) is 0 Å². The fourth-order valence-electron chi connectivity index (χ4n) is 3.40. The number of rotatable bonds is 2. The summed E-state index contributed by atoms with van der Waals surface area (Å²) in [5, 5.41) is 12.1. The van der Waals surface area contributed by atoms with E-state index in [-0.39, 0.29) is 0 Å². The van der Waals surface area contributed by atoms with Crippen molar-refractivity contribution in [2.45, 2.75) is 13.8 Å². The molecule has 4 heteroatoms. The van der Waals surface area contributed by atoms with E-state index in [0.29, 0.717) is 11.3 Å². The Balaban J connectivity index is 2.11. The van der Waals surface area contributed by atoms with Crippen LogP contribution in [0.1, 0.15) is 20.9 Å². The standard InChI is InChI=1S/C22H14N2S2/c1-13-20(15-8-4-6-10-18(15)25-13)17(12-23)22(24-3)21-14(2)26-19-11-7-5-9-16(19)21/h4-11H,1-2H3. The van der Waals surface area contributed by atoms with E-state index in [2.05, 4.69) is 23.0 Å². The second-order valence-corrected chi connectivity index (χ2v) is 8.52. The number of benzene rings is 2. The van der Waals surface area contributed by atoms with E-state index in [9.17, 15) is 5.26 Å². The summed E-state index contributed by atoms with van der Waals surface area (Å²) >= 11 is 3.34. The maximum absolute atomic E-state index is 10.0. The number of fused-ring (bicyclic) bond motifs is 2. The average molecular weight is 371 g/mol. The lowest BCUT2D eigenvalue weighted by atomic mass is 9.97. The Labute approximate surface area is 160 Å². The number of hydrogen-bond donors (Lipinski definition) is 0. The van der Waals surface area contributed by atoms with Gasteiger partial charge in [-0.25, -0.2) is 4.85 Å². The zero-order valence-corrected chi connectivity index (χ0v) is 16.0. The second kappa shape index (κ2) is 6.42. The van der Waals surface area contributed by atoms with Crippen LogP contribution in [0.25, 0.3) is 36.3 Å². The van der Waals surface area contributed by atoms with Crippen LogP contribution in [0.15, 0.2) is 48.5 Å². The number of aryl methyl sites for hydroxylation is 2. The van der Waals surface area contributed by atoms with Gasteiger partial charge in [-0.1, -0.05) is 36.4 Å². The van der Waals surface area contributed by atoms with Gasteiger partial charge in [0.05, 0.1) is 18.2 Å². The predicted molar refractivity (Wildman–Crippen MR) is 112 cm³/mol. The summed E-state index contributed by atoms with van der Waals surface area (Å²) in [5.41, 5.74) is 2.72. The van der Waals surface area contributed by atoms with Gasteiger partial charge >= 0.3 is 0 Å². The Morgan fingerprint density at radius 1 is 0.885 bits per heavy atom. The lowest BCUT2D eigenvalue weighted by molar-refractivity contribution is 1.51. The molecule has 0 amide bonds. The summed E-state index contributed by atoms with van der Waals surface area (Å²) in [6, 6.07) is 18.5. The quantitative estimate of drug-likeness (QED) is 0.274. The van der Waals surface area contributed by atoms with Gasteiger partial charge in [-0.3, -0.25) is 0 Å². The van der Waals surface area contributed by atoms with Gasteiger partial charge in [0.2, 0.25) is 5.70 Å². The first-order chi connectivity index (χ1) is 12.7. The maximum atomic E-state index is 10.0. The monoisotopic (exact) mass is 370 g/mol. The van der Waals surface area contributed by atoms with Crippen molar-refractivity contribution in [3.05, 3.63) is 80.8 Å². The van der Waals surface area contributed by atoms with Gasteiger partial charge in [-0.05, 0) is 41.6 Å². The van der Waals surface area contributed by atoms with Gasteiger partial charge in [-0.2, -0.15) is 5.26 Å². The molecule has 0 aliphatic heterocycles. The fourth-order valence-corrected chi connectivity index (χ4v) is 5.54. The minimum Gasteiger partial charge on any atom is -0.236 e. The molecule has 2 aromatic heterocycles. The molecular formula is C22H14N2S2. The number of allylic oxidation sites excluding steroid dienone is 1. The molecule has 124 valence electrons. The SMILES string of the molecule is [C-]#[N+]C(=C(C#N)c1c(C)sc2ccccc12)c1c(C)sc2ccccc12. The van der Waals surface area contributed by atoms with E-state index in [1.807, 2.05) is 50.2 Å². The molecule has 26 heavy (non-hydrogen) atoms. The second-order valence-electron chi connectivity index (χ2n) is 6.01. The highest BCUT2D eigenvalue weighted by Gasteiger charge is 2.22. The summed E-state index contributed by atoms with van der Waals surface area (Å²) in [6.07, 6.45) is 0. The maximum Gasteiger partial charge on any atom is 0.214 e. The minimum absolute atomic E-state index is 0.453. The van der Waals surface area contributed by atoms with E-state index >= 15 is 0 Å². The highest BCUT2D eigenvalue weighted by Crippen LogP contribution is 2.42. The van der Waals surface area contributed by atoms with Crippen LogP contribution < -0.4 is 0 Å². The highest BCUT2D eigenvalue weighted by molar-refractivity contribution is 7.19. The van der Waals surface area contributed by atoms with Crippen molar-refractivity contribution in [3.8, 4) is 6.07 Å². The molecule has 4 rings (SSSR count). The Kier molecular flexibility index (Phi) is 4.09. The summed E-state index contributed by atoms with van der Waals surface area (Å²) in [6.45, 7) is 11.9. The van der Waals surface area contributed by atoms with Crippen LogP contribution in [-0.2, 0) is 0 Å². The molecule has 0 aliphatic rings. The summed E-state index contributed by atoms with van der Waals surface area (Å²) in [7, 11) is 0. The van der Waals surface area contributed by atoms with Crippen molar-refractivity contribution in [3.63, 3.8) is 0 Å². The van der Waals surface area contributed by atoms with Gasteiger partial charge in [-0.15, -0.1) is 22.7 Å². The van der Waals surface area contributed by atoms with Crippen LogP contribution in [-0.4, -0.2) is 0 Å². The van der Waals surface area contributed by atoms with Crippen molar-refractivity contribution in [1.82, 2.24) is 0 Å². The third-order valence-electron chi connectivity index (χ3n) is 4.49. The van der Waals surface area contributed by atoms with Gasteiger partial charge in [0, 0.05) is 25.4 Å². The molecule has 0 N–H and O–H groups in total. The summed E-state index contributed by atoms with van der Waals surface area (Å²) in [5.74, 6) is 0. The molecule has 0 spiro atoms. The van der Waals surface area contributed by atoms with Gasteiger partial charge in [0.1, 0.15) is 0 Å².